The third-order valence-corrected chi connectivity index (χ3v) is 12.7. The van der Waals surface area contributed by atoms with Crippen molar-refractivity contribution in [1.29, 1.82) is 0 Å². The number of hydrogen-bond acceptors (Lipinski definition) is 4. The third kappa shape index (κ3) is 8.20. The van der Waals surface area contributed by atoms with Crippen molar-refractivity contribution in [2.75, 3.05) is 0 Å². The summed E-state index contributed by atoms with van der Waals surface area (Å²) in [7, 11) is -1.35. The molecule has 0 aliphatic heterocycles. The SMILES string of the molecule is C[Si](C)(C)c1cnc(-c2[c-]cccc2)cc1CC1CCCC1.Cc1ccc2c(n1)oc1c(-c3cc(C)c(CC4CCCC4)cn3)[c-]ccc12.[Ir]. The van der Waals surface area contributed by atoms with Gasteiger partial charge in [0.05, 0.1) is 13.7 Å². The van der Waals surface area contributed by atoms with Crippen LogP contribution in [0.2, 0.25) is 19.6 Å². The molecule has 2 saturated carbocycles. The number of pyridine rings is 3. The number of aryl methyl sites for hydroxylation is 2. The molecule has 261 valence electrons. The largest absolute Gasteiger partial charge is 0.486 e. The number of nitrogens with zero attached hydrogens (tertiary/aromatic N) is 3. The summed E-state index contributed by atoms with van der Waals surface area (Å²) in [5.74, 6) is 1.71. The van der Waals surface area contributed by atoms with Crippen LogP contribution in [0.3, 0.4) is 0 Å². The van der Waals surface area contributed by atoms with Crippen molar-refractivity contribution in [3.63, 3.8) is 0 Å². The summed E-state index contributed by atoms with van der Waals surface area (Å²) in [5, 5.41) is 3.65. The minimum Gasteiger partial charge on any atom is -0.486 e. The molecule has 6 aromatic rings. The average Bonchev–Trinajstić information content (AvgIpc) is 3.88. The summed E-state index contributed by atoms with van der Waals surface area (Å²) in [6.07, 6.45) is 17.7. The maximum absolute atomic E-state index is 6.11. The maximum Gasteiger partial charge on any atom is 0.216 e. The van der Waals surface area contributed by atoms with Gasteiger partial charge in [0, 0.05) is 43.6 Å². The zero-order valence-electron chi connectivity index (χ0n) is 30.2. The second-order valence-electron chi connectivity index (χ2n) is 15.5. The molecule has 4 heterocycles. The fraction of sp³-hybridized carbons (Fsp3) is 0.386. The summed E-state index contributed by atoms with van der Waals surface area (Å²) in [6.45, 7) is 11.5. The van der Waals surface area contributed by atoms with E-state index in [1.54, 1.807) is 10.8 Å². The molecule has 2 aliphatic carbocycles. The van der Waals surface area contributed by atoms with E-state index in [1.807, 2.05) is 37.3 Å². The van der Waals surface area contributed by atoms with Crippen LogP contribution in [-0.2, 0) is 32.9 Å². The van der Waals surface area contributed by atoms with Gasteiger partial charge in [-0.3, -0.25) is 0 Å². The number of rotatable bonds is 7. The number of benzene rings is 2. The molecular weight excluding hydrogens is 807 g/mol. The van der Waals surface area contributed by atoms with Crippen LogP contribution in [0.15, 0.2) is 77.5 Å². The van der Waals surface area contributed by atoms with E-state index in [2.05, 4.69) is 86.4 Å². The first-order valence-electron chi connectivity index (χ1n) is 18.4. The Labute approximate surface area is 312 Å². The van der Waals surface area contributed by atoms with Gasteiger partial charge in [-0.1, -0.05) is 105 Å². The van der Waals surface area contributed by atoms with Crippen LogP contribution in [0, 0.1) is 37.8 Å². The van der Waals surface area contributed by atoms with Gasteiger partial charge in [-0.25, -0.2) is 4.98 Å². The van der Waals surface area contributed by atoms with Crippen molar-refractivity contribution >= 4 is 35.3 Å². The van der Waals surface area contributed by atoms with Gasteiger partial charge in [-0.15, -0.1) is 54.1 Å². The summed E-state index contributed by atoms with van der Waals surface area (Å²) in [6, 6.07) is 27.4. The summed E-state index contributed by atoms with van der Waals surface area (Å²) >= 11 is 0. The second-order valence-corrected chi connectivity index (χ2v) is 20.5. The molecular formula is C44H49IrN3OSi-2. The predicted molar refractivity (Wildman–Crippen MR) is 206 cm³/mol. The van der Waals surface area contributed by atoms with E-state index in [0.29, 0.717) is 5.71 Å². The third-order valence-electron chi connectivity index (χ3n) is 10.7. The second kappa shape index (κ2) is 15.8. The van der Waals surface area contributed by atoms with Crippen molar-refractivity contribution in [3.05, 3.63) is 108 Å². The van der Waals surface area contributed by atoms with E-state index in [-0.39, 0.29) is 20.1 Å². The van der Waals surface area contributed by atoms with Gasteiger partial charge < -0.3 is 14.4 Å². The van der Waals surface area contributed by atoms with Crippen LogP contribution in [0.25, 0.3) is 44.6 Å². The van der Waals surface area contributed by atoms with Crippen LogP contribution in [0.4, 0.5) is 0 Å². The molecule has 2 aliphatic rings. The van der Waals surface area contributed by atoms with Gasteiger partial charge >= 0.3 is 0 Å². The first-order chi connectivity index (χ1) is 23.7. The summed E-state index contributed by atoms with van der Waals surface area (Å²) in [5.41, 5.74) is 10.7. The van der Waals surface area contributed by atoms with Crippen LogP contribution in [0.1, 0.15) is 73.8 Å². The van der Waals surface area contributed by atoms with Gasteiger partial charge in [-0.2, -0.15) is 0 Å². The van der Waals surface area contributed by atoms with Crippen LogP contribution in [-0.4, -0.2) is 23.0 Å². The van der Waals surface area contributed by atoms with Crippen LogP contribution >= 0.6 is 0 Å². The smallest absolute Gasteiger partial charge is 0.216 e. The molecule has 0 spiro atoms. The van der Waals surface area contributed by atoms with Gasteiger partial charge in [0.25, 0.3) is 0 Å². The van der Waals surface area contributed by atoms with Crippen molar-refractivity contribution in [2.45, 2.75) is 97.7 Å². The van der Waals surface area contributed by atoms with Gasteiger partial charge in [0.2, 0.25) is 5.71 Å². The van der Waals surface area contributed by atoms with Crippen molar-refractivity contribution in [2.24, 2.45) is 11.8 Å². The number of fused-ring (bicyclic) bond motifs is 3. The maximum atomic E-state index is 6.11. The number of hydrogen-bond donors (Lipinski definition) is 0. The summed E-state index contributed by atoms with van der Waals surface area (Å²) in [4.78, 5) is 14.1. The van der Waals surface area contributed by atoms with Crippen molar-refractivity contribution in [1.82, 2.24) is 15.0 Å². The van der Waals surface area contributed by atoms with E-state index in [4.69, 9.17) is 14.4 Å². The zero-order valence-corrected chi connectivity index (χ0v) is 33.6. The first-order valence-corrected chi connectivity index (χ1v) is 21.9. The Morgan fingerprint density at radius 1 is 0.740 bits per heavy atom. The molecule has 4 nitrogen and oxygen atoms in total. The molecule has 0 atom stereocenters. The molecule has 0 amide bonds. The van der Waals surface area contributed by atoms with E-state index >= 15 is 0 Å². The minimum atomic E-state index is -1.35. The Hall–Kier alpha value is -3.44. The Balaban J connectivity index is 0.000000173. The van der Waals surface area contributed by atoms with Gasteiger partial charge in [0.1, 0.15) is 0 Å². The molecule has 6 heteroatoms. The van der Waals surface area contributed by atoms with E-state index in [0.717, 1.165) is 62.8 Å². The Kier molecular flexibility index (Phi) is 11.5. The van der Waals surface area contributed by atoms with Crippen molar-refractivity contribution in [3.8, 4) is 22.5 Å². The Morgan fingerprint density at radius 2 is 1.44 bits per heavy atom. The molecule has 1 radical (unpaired) electrons. The normalized spacial score (nSPS) is 15.3. The van der Waals surface area contributed by atoms with Crippen LogP contribution in [0.5, 0.6) is 0 Å². The molecule has 4 aromatic heterocycles. The fourth-order valence-electron chi connectivity index (χ4n) is 7.93. The fourth-order valence-corrected chi connectivity index (χ4v) is 9.52. The average molecular weight is 856 g/mol. The van der Waals surface area contributed by atoms with Crippen molar-refractivity contribution < 1.29 is 24.5 Å². The topological polar surface area (TPSA) is 51.8 Å². The molecule has 2 aromatic carbocycles. The monoisotopic (exact) mass is 856 g/mol. The van der Waals surface area contributed by atoms with E-state index in [1.165, 1.54) is 68.9 Å². The molecule has 0 bridgehead atoms. The molecule has 8 rings (SSSR count). The molecule has 50 heavy (non-hydrogen) atoms. The van der Waals surface area contributed by atoms with E-state index in [9.17, 15) is 0 Å². The standard InChI is InChI=1S/C24H23N2O.C20H26NSi.Ir/c1-15-12-22(25-14-18(15)13-17-6-3-4-7-17)21-9-5-8-19-20-11-10-16(2)26-24(20)27-23(19)21;1-22(2,3)20-15-21-19(17-11-5-4-6-12-17)14-18(20)13-16-9-7-8-10-16;/h5,8,10-12,14,17H,3-4,6-7,13H2,1-2H3;4-6,11,14-16H,7-10,13H2,1-3H3;/q2*-1;. The minimum absolute atomic E-state index is 0. The predicted octanol–water partition coefficient (Wildman–Crippen LogP) is 11.0. The summed E-state index contributed by atoms with van der Waals surface area (Å²) < 4.78 is 6.11. The molecule has 2 fully saturated rings. The van der Waals surface area contributed by atoms with Gasteiger partial charge in [0.15, 0.2) is 0 Å². The Bertz CT molecular complexity index is 2050. The quantitative estimate of drug-likeness (QED) is 0.119. The van der Waals surface area contributed by atoms with Gasteiger partial charge in [-0.05, 0) is 72.8 Å². The molecule has 0 unspecified atom stereocenters. The Morgan fingerprint density at radius 3 is 2.10 bits per heavy atom. The molecule has 0 saturated heterocycles. The molecule has 0 N–H and O–H groups in total. The number of aromatic nitrogens is 3. The van der Waals surface area contributed by atoms with Crippen LogP contribution < -0.4 is 5.19 Å². The number of furan rings is 1. The zero-order chi connectivity index (χ0) is 34.0. The first kappa shape index (κ1) is 36.4. The van der Waals surface area contributed by atoms with E-state index < -0.39 is 8.07 Å².